The van der Waals surface area contributed by atoms with Crippen molar-refractivity contribution in [2.45, 2.75) is 11.3 Å². The lowest BCUT2D eigenvalue weighted by atomic mass is 10.1. The summed E-state index contributed by atoms with van der Waals surface area (Å²) in [7, 11) is -2.22. The van der Waals surface area contributed by atoms with Crippen LogP contribution in [0.15, 0.2) is 59.9 Å². The minimum Gasteiger partial charge on any atom is -0.494 e. The van der Waals surface area contributed by atoms with Gasteiger partial charge in [-0.3, -0.25) is 0 Å². The maximum absolute atomic E-state index is 12.7. The minimum atomic E-state index is -3.69. The number of fused-ring (bicyclic) bond motifs is 1. The number of ether oxygens (including phenoxy) is 1. The zero-order valence-electron chi connectivity index (χ0n) is 15.0. The molecule has 144 valence electrons. The molecule has 4 rings (SSSR count). The fourth-order valence-electron chi connectivity index (χ4n) is 3.03. The van der Waals surface area contributed by atoms with Crippen molar-refractivity contribution in [3.8, 4) is 11.4 Å². The van der Waals surface area contributed by atoms with Crippen LogP contribution in [0.4, 0.5) is 0 Å². The van der Waals surface area contributed by atoms with E-state index in [0.717, 1.165) is 16.5 Å². The molecule has 2 aromatic heterocycles. The number of nitrogens with zero attached hydrogens (tertiary/aromatic N) is 4. The van der Waals surface area contributed by atoms with E-state index in [0.29, 0.717) is 17.9 Å². The Morgan fingerprint density at radius 2 is 2.07 bits per heavy atom. The largest absolute Gasteiger partial charge is 0.494 e. The second kappa shape index (κ2) is 7.41. The topological polar surface area (TPSA) is 115 Å². The van der Waals surface area contributed by atoms with Crippen molar-refractivity contribution in [2.75, 3.05) is 13.7 Å². The Morgan fingerprint density at radius 3 is 2.86 bits per heavy atom. The number of nitrogens with one attached hydrogen (secondary N) is 2. The summed E-state index contributed by atoms with van der Waals surface area (Å²) in [6.07, 6.45) is 3.89. The van der Waals surface area contributed by atoms with Gasteiger partial charge in [0.05, 0.1) is 12.0 Å². The number of hydrogen-bond acceptors (Lipinski definition) is 6. The van der Waals surface area contributed by atoms with Crippen LogP contribution in [0.5, 0.6) is 5.75 Å². The molecule has 0 bridgehead atoms. The number of H-pyrrole nitrogens is 1. The predicted octanol–water partition coefficient (Wildman–Crippen LogP) is 1.67. The number of hydrogen-bond donors (Lipinski definition) is 2. The van der Waals surface area contributed by atoms with E-state index in [2.05, 4.69) is 25.2 Å². The average Bonchev–Trinajstić information content (AvgIpc) is 3.38. The van der Waals surface area contributed by atoms with Crippen molar-refractivity contribution in [3.05, 3.63) is 60.6 Å². The van der Waals surface area contributed by atoms with Crippen LogP contribution in [0, 0.1) is 0 Å². The van der Waals surface area contributed by atoms with E-state index in [9.17, 15) is 8.42 Å². The average molecular weight is 398 g/mol. The summed E-state index contributed by atoms with van der Waals surface area (Å²) >= 11 is 0. The number of rotatable bonds is 7. The zero-order chi connectivity index (χ0) is 19.6. The number of aromatic amines is 1. The standard InChI is InChI=1S/C18H18N6O3S/c1-27-18-10-14(6-7-17(18)24-12-20-22-23-24)28(25,26)21-9-8-13-11-19-16-5-3-2-4-15(13)16/h2-7,10-12,19,21H,8-9H2,1H3. The molecule has 0 saturated carbocycles. The number of sulfonamides is 1. The van der Waals surface area contributed by atoms with Gasteiger partial charge in [0, 0.05) is 29.7 Å². The maximum atomic E-state index is 12.7. The lowest BCUT2D eigenvalue weighted by Crippen LogP contribution is -2.26. The van der Waals surface area contributed by atoms with Gasteiger partial charge in [-0.2, -0.15) is 4.68 Å². The first-order valence-electron chi connectivity index (χ1n) is 8.54. The third-order valence-corrected chi connectivity index (χ3v) is 5.88. The van der Waals surface area contributed by atoms with Gasteiger partial charge in [-0.05, 0) is 40.6 Å². The summed E-state index contributed by atoms with van der Waals surface area (Å²) in [6, 6.07) is 12.5. The molecule has 0 fully saturated rings. The highest BCUT2D eigenvalue weighted by Gasteiger charge is 2.17. The highest BCUT2D eigenvalue weighted by molar-refractivity contribution is 7.89. The lowest BCUT2D eigenvalue weighted by molar-refractivity contribution is 0.410. The Kier molecular flexibility index (Phi) is 4.80. The van der Waals surface area contributed by atoms with E-state index >= 15 is 0 Å². The van der Waals surface area contributed by atoms with Crippen molar-refractivity contribution < 1.29 is 13.2 Å². The van der Waals surface area contributed by atoms with Gasteiger partial charge in [-0.25, -0.2) is 13.1 Å². The van der Waals surface area contributed by atoms with Gasteiger partial charge >= 0.3 is 0 Å². The fourth-order valence-corrected chi connectivity index (χ4v) is 4.07. The molecule has 4 aromatic rings. The van der Waals surface area contributed by atoms with Gasteiger partial charge in [-0.1, -0.05) is 18.2 Å². The molecule has 2 heterocycles. The number of benzene rings is 2. The Balaban J connectivity index is 1.50. The van der Waals surface area contributed by atoms with Crippen molar-refractivity contribution >= 4 is 20.9 Å². The number of methoxy groups -OCH3 is 1. The van der Waals surface area contributed by atoms with E-state index in [1.807, 2.05) is 30.5 Å². The second-order valence-corrected chi connectivity index (χ2v) is 7.86. The first kappa shape index (κ1) is 18.1. The minimum absolute atomic E-state index is 0.111. The van der Waals surface area contributed by atoms with Gasteiger partial charge in [0.1, 0.15) is 17.8 Å². The number of aromatic nitrogens is 5. The Bertz CT molecular complexity index is 1200. The lowest BCUT2D eigenvalue weighted by Gasteiger charge is -2.11. The molecule has 10 heteroatoms. The smallest absolute Gasteiger partial charge is 0.240 e. The molecule has 2 aromatic carbocycles. The third kappa shape index (κ3) is 3.47. The van der Waals surface area contributed by atoms with Crippen LogP contribution in [-0.2, 0) is 16.4 Å². The first-order chi connectivity index (χ1) is 13.6. The van der Waals surface area contributed by atoms with Crippen LogP contribution in [0.3, 0.4) is 0 Å². The van der Waals surface area contributed by atoms with Crippen LogP contribution in [0.2, 0.25) is 0 Å². The van der Waals surface area contributed by atoms with Crippen LogP contribution in [0.25, 0.3) is 16.6 Å². The Hall–Kier alpha value is -3.24. The summed E-state index contributed by atoms with van der Waals surface area (Å²) in [5, 5.41) is 12.0. The summed E-state index contributed by atoms with van der Waals surface area (Å²) in [5.41, 5.74) is 2.64. The number of para-hydroxylation sites is 1. The van der Waals surface area contributed by atoms with Crippen LogP contribution in [0.1, 0.15) is 5.56 Å². The monoisotopic (exact) mass is 398 g/mol. The van der Waals surface area contributed by atoms with Gasteiger partial charge in [0.2, 0.25) is 10.0 Å². The van der Waals surface area contributed by atoms with Crippen LogP contribution < -0.4 is 9.46 Å². The van der Waals surface area contributed by atoms with Gasteiger partial charge in [0.15, 0.2) is 0 Å². The van der Waals surface area contributed by atoms with Crippen LogP contribution in [-0.4, -0.2) is 47.3 Å². The molecule has 0 aliphatic rings. The van der Waals surface area contributed by atoms with E-state index in [4.69, 9.17) is 4.74 Å². The molecule has 0 aliphatic heterocycles. The molecular formula is C18H18N6O3S. The Labute approximate surface area is 161 Å². The van der Waals surface area contributed by atoms with Crippen molar-refractivity contribution in [3.63, 3.8) is 0 Å². The van der Waals surface area contributed by atoms with Crippen molar-refractivity contribution in [1.82, 2.24) is 29.9 Å². The molecule has 9 nitrogen and oxygen atoms in total. The molecule has 0 aliphatic carbocycles. The SMILES string of the molecule is COc1cc(S(=O)(=O)NCCc2c[nH]c3ccccc23)ccc1-n1cnnn1. The van der Waals surface area contributed by atoms with Crippen molar-refractivity contribution in [1.29, 1.82) is 0 Å². The molecule has 0 atom stereocenters. The molecule has 28 heavy (non-hydrogen) atoms. The summed E-state index contributed by atoms with van der Waals surface area (Å²) in [4.78, 5) is 3.30. The molecule has 0 amide bonds. The van der Waals surface area contributed by atoms with Gasteiger partial charge < -0.3 is 9.72 Å². The molecule has 2 N–H and O–H groups in total. The molecule has 0 radical (unpaired) electrons. The first-order valence-corrected chi connectivity index (χ1v) is 10.0. The second-order valence-electron chi connectivity index (χ2n) is 6.10. The molecule has 0 spiro atoms. The fraction of sp³-hybridized carbons (Fsp3) is 0.167. The summed E-state index contributed by atoms with van der Waals surface area (Å²) in [6.45, 7) is 0.279. The van der Waals surface area contributed by atoms with Crippen molar-refractivity contribution in [2.24, 2.45) is 0 Å². The molecule has 0 saturated heterocycles. The van der Waals surface area contributed by atoms with Crippen LogP contribution >= 0.6 is 0 Å². The Morgan fingerprint density at radius 1 is 1.21 bits per heavy atom. The van der Waals surface area contributed by atoms with Gasteiger partial charge in [0.25, 0.3) is 0 Å². The van der Waals surface area contributed by atoms with Gasteiger partial charge in [-0.15, -0.1) is 5.10 Å². The normalized spacial score (nSPS) is 11.8. The summed E-state index contributed by atoms with van der Waals surface area (Å²) in [5.74, 6) is 0.354. The third-order valence-electron chi connectivity index (χ3n) is 4.42. The zero-order valence-corrected chi connectivity index (χ0v) is 15.8. The molecule has 0 unspecified atom stereocenters. The maximum Gasteiger partial charge on any atom is 0.240 e. The quantitative estimate of drug-likeness (QED) is 0.489. The highest BCUT2D eigenvalue weighted by Crippen LogP contribution is 2.25. The van der Waals surface area contributed by atoms with E-state index in [1.165, 1.54) is 30.3 Å². The van der Waals surface area contributed by atoms with E-state index < -0.39 is 10.0 Å². The van der Waals surface area contributed by atoms with E-state index in [1.54, 1.807) is 6.07 Å². The number of tetrazole rings is 1. The van der Waals surface area contributed by atoms with E-state index in [-0.39, 0.29) is 11.4 Å². The summed E-state index contributed by atoms with van der Waals surface area (Å²) < 4.78 is 34.7. The predicted molar refractivity (Wildman–Crippen MR) is 103 cm³/mol. The highest BCUT2D eigenvalue weighted by atomic mass is 32.2. The molecular weight excluding hydrogens is 380 g/mol.